The average molecular weight is 391 g/mol. The van der Waals surface area contributed by atoms with Crippen LogP contribution < -0.4 is 5.32 Å². The van der Waals surface area contributed by atoms with Crippen LogP contribution in [0.15, 0.2) is 53.6 Å². The van der Waals surface area contributed by atoms with E-state index in [-0.39, 0.29) is 11.3 Å². The van der Waals surface area contributed by atoms with Gasteiger partial charge in [-0.25, -0.2) is 14.5 Å². The number of aromatic nitrogens is 4. The first-order valence-corrected chi connectivity index (χ1v) is 8.71. The van der Waals surface area contributed by atoms with Gasteiger partial charge in [-0.2, -0.15) is 18.3 Å². The Kier molecular flexibility index (Phi) is 4.28. The quantitative estimate of drug-likeness (QED) is 0.515. The second kappa shape index (κ2) is 6.63. The van der Waals surface area contributed by atoms with Crippen molar-refractivity contribution in [3.63, 3.8) is 0 Å². The third-order valence-electron chi connectivity index (χ3n) is 3.90. The van der Waals surface area contributed by atoms with Gasteiger partial charge < -0.3 is 10.4 Å². The molecule has 0 spiro atoms. The summed E-state index contributed by atoms with van der Waals surface area (Å²) >= 11 is 1.33. The second-order valence-corrected chi connectivity index (χ2v) is 6.36. The van der Waals surface area contributed by atoms with Gasteiger partial charge in [-0.05, 0) is 12.1 Å². The van der Waals surface area contributed by atoms with Gasteiger partial charge in [-0.3, -0.25) is 0 Å². The van der Waals surface area contributed by atoms with Gasteiger partial charge >= 0.3 is 6.18 Å². The molecule has 0 amide bonds. The van der Waals surface area contributed by atoms with Crippen LogP contribution in [0.4, 0.5) is 18.9 Å². The zero-order valence-electron chi connectivity index (χ0n) is 13.6. The number of hydrogen-bond donors (Lipinski definition) is 2. The molecule has 10 heteroatoms. The number of nitrogens with one attached hydrogen (secondary N) is 1. The predicted molar refractivity (Wildman–Crippen MR) is 94.1 cm³/mol. The lowest BCUT2D eigenvalue weighted by molar-refractivity contribution is -0.137. The molecule has 0 bridgehead atoms. The van der Waals surface area contributed by atoms with E-state index >= 15 is 0 Å². The molecule has 1 unspecified atom stereocenters. The van der Waals surface area contributed by atoms with E-state index in [1.165, 1.54) is 52.5 Å². The summed E-state index contributed by atoms with van der Waals surface area (Å²) in [6.45, 7) is 0. The Bertz CT molecular complexity index is 1080. The molecule has 3 heterocycles. The zero-order chi connectivity index (χ0) is 19.0. The minimum atomic E-state index is -4.49. The molecule has 0 aliphatic carbocycles. The molecular weight excluding hydrogens is 379 g/mol. The summed E-state index contributed by atoms with van der Waals surface area (Å²) in [7, 11) is 0. The van der Waals surface area contributed by atoms with Crippen LogP contribution in [0, 0.1) is 0 Å². The second-order valence-electron chi connectivity index (χ2n) is 5.64. The Morgan fingerprint density at radius 2 is 2.00 bits per heavy atom. The lowest BCUT2D eigenvalue weighted by atomic mass is 10.0. The lowest BCUT2D eigenvalue weighted by Gasteiger charge is -2.13. The number of anilines is 1. The Hall–Kier alpha value is -2.98. The highest BCUT2D eigenvalue weighted by Crippen LogP contribution is 2.36. The summed E-state index contributed by atoms with van der Waals surface area (Å²) in [5.74, 6) is 0. The van der Waals surface area contributed by atoms with Crippen LogP contribution in [0.2, 0.25) is 0 Å². The minimum absolute atomic E-state index is 0.0281. The average Bonchev–Trinajstić information content (AvgIpc) is 3.31. The molecule has 0 fully saturated rings. The van der Waals surface area contributed by atoms with Crippen molar-refractivity contribution in [2.24, 2.45) is 0 Å². The highest BCUT2D eigenvalue weighted by molar-refractivity contribution is 7.07. The van der Waals surface area contributed by atoms with E-state index in [2.05, 4.69) is 20.4 Å². The largest absolute Gasteiger partial charge is 0.417 e. The van der Waals surface area contributed by atoms with Gasteiger partial charge in [0.05, 0.1) is 23.0 Å². The van der Waals surface area contributed by atoms with Crippen LogP contribution >= 0.6 is 11.3 Å². The smallest absolute Gasteiger partial charge is 0.368 e. The first-order valence-electron chi connectivity index (χ1n) is 7.77. The number of benzene rings is 1. The van der Waals surface area contributed by atoms with E-state index in [1.54, 1.807) is 10.9 Å². The van der Waals surface area contributed by atoms with Gasteiger partial charge in [-0.15, -0.1) is 11.3 Å². The number of fused-ring (bicyclic) bond motifs is 1. The summed E-state index contributed by atoms with van der Waals surface area (Å²) in [6.07, 6.45) is -2.62. The van der Waals surface area contributed by atoms with Crippen molar-refractivity contribution in [3.05, 3.63) is 64.9 Å². The number of rotatable bonds is 4. The van der Waals surface area contributed by atoms with E-state index in [4.69, 9.17) is 0 Å². The number of hydrogen-bond acceptors (Lipinski definition) is 6. The van der Waals surface area contributed by atoms with Crippen LogP contribution in [0.1, 0.15) is 17.5 Å². The molecule has 6 nitrogen and oxygen atoms in total. The molecule has 0 aliphatic rings. The van der Waals surface area contributed by atoms with Crippen molar-refractivity contribution in [2.75, 3.05) is 5.32 Å². The highest BCUT2D eigenvalue weighted by Gasteiger charge is 2.33. The third-order valence-corrected chi connectivity index (χ3v) is 4.51. The highest BCUT2D eigenvalue weighted by atomic mass is 32.1. The van der Waals surface area contributed by atoms with Crippen LogP contribution in [0.5, 0.6) is 0 Å². The fourth-order valence-corrected chi connectivity index (χ4v) is 3.23. The fraction of sp³-hybridized carbons (Fsp3) is 0.118. The SMILES string of the molecule is OC(Nc1cnn2ccc(-c3ccccc3C(F)(F)F)nc12)c1cscn1. The van der Waals surface area contributed by atoms with Crippen LogP contribution in [0.25, 0.3) is 16.9 Å². The van der Waals surface area contributed by atoms with Crippen molar-refractivity contribution in [3.8, 4) is 11.3 Å². The maximum atomic E-state index is 13.3. The maximum absolute atomic E-state index is 13.3. The Balaban J connectivity index is 1.75. The summed E-state index contributed by atoms with van der Waals surface area (Å²) in [5.41, 5.74) is 2.04. The first-order chi connectivity index (χ1) is 12.9. The van der Waals surface area contributed by atoms with Gasteiger partial charge in [0.1, 0.15) is 11.4 Å². The molecule has 0 saturated heterocycles. The number of thiazole rings is 1. The van der Waals surface area contributed by atoms with Crippen LogP contribution in [-0.4, -0.2) is 24.7 Å². The van der Waals surface area contributed by atoms with Gasteiger partial charge in [0.25, 0.3) is 0 Å². The normalized spacial score (nSPS) is 13.0. The molecule has 0 saturated carbocycles. The van der Waals surface area contributed by atoms with E-state index in [1.807, 2.05) is 0 Å². The van der Waals surface area contributed by atoms with Crippen molar-refractivity contribution >= 4 is 22.7 Å². The third kappa shape index (κ3) is 3.36. The van der Waals surface area contributed by atoms with Gasteiger partial charge in [0.2, 0.25) is 0 Å². The van der Waals surface area contributed by atoms with Crippen molar-refractivity contribution in [1.29, 1.82) is 0 Å². The number of halogens is 3. The topological polar surface area (TPSA) is 75.3 Å². The Morgan fingerprint density at radius 1 is 1.19 bits per heavy atom. The van der Waals surface area contributed by atoms with Crippen molar-refractivity contribution in [1.82, 2.24) is 19.6 Å². The maximum Gasteiger partial charge on any atom is 0.417 e. The number of alkyl halides is 3. The molecule has 0 aliphatic heterocycles. The van der Waals surface area contributed by atoms with Gasteiger partial charge in [0.15, 0.2) is 11.9 Å². The molecule has 4 rings (SSSR count). The molecule has 1 aromatic carbocycles. The zero-order valence-corrected chi connectivity index (χ0v) is 14.4. The number of aliphatic hydroxyl groups excluding tert-OH is 1. The van der Waals surface area contributed by atoms with Crippen molar-refractivity contribution < 1.29 is 18.3 Å². The molecule has 3 aromatic heterocycles. The standard InChI is InChI=1S/C17H12F3N5OS/c18-17(19,20)11-4-2-1-3-10(11)12-5-6-25-15(23-12)13(7-22-25)24-16(26)14-8-27-9-21-14/h1-9,16,24,26H. The molecule has 1 atom stereocenters. The van der Waals surface area contributed by atoms with Gasteiger partial charge in [0, 0.05) is 17.1 Å². The molecule has 27 heavy (non-hydrogen) atoms. The summed E-state index contributed by atoms with van der Waals surface area (Å²) in [5, 5.41) is 18.8. The van der Waals surface area contributed by atoms with E-state index in [9.17, 15) is 18.3 Å². The van der Waals surface area contributed by atoms with E-state index in [0.717, 1.165) is 6.07 Å². The lowest BCUT2D eigenvalue weighted by Crippen LogP contribution is -2.10. The van der Waals surface area contributed by atoms with Crippen molar-refractivity contribution in [2.45, 2.75) is 12.4 Å². The summed E-state index contributed by atoms with van der Waals surface area (Å²) in [6, 6.07) is 6.71. The first kappa shape index (κ1) is 17.4. The summed E-state index contributed by atoms with van der Waals surface area (Å²) < 4.78 is 41.3. The molecule has 138 valence electrons. The van der Waals surface area contributed by atoms with Crippen LogP contribution in [-0.2, 0) is 6.18 Å². The van der Waals surface area contributed by atoms with E-state index < -0.39 is 18.0 Å². The number of aliphatic hydroxyl groups is 1. The monoisotopic (exact) mass is 391 g/mol. The Labute approximate surface area is 155 Å². The Morgan fingerprint density at radius 3 is 2.74 bits per heavy atom. The van der Waals surface area contributed by atoms with Gasteiger partial charge in [-0.1, -0.05) is 18.2 Å². The molecular formula is C17H12F3N5OS. The number of nitrogens with zero attached hydrogens (tertiary/aromatic N) is 4. The van der Waals surface area contributed by atoms with E-state index in [0.29, 0.717) is 17.0 Å². The predicted octanol–water partition coefficient (Wildman–Crippen LogP) is 3.97. The minimum Gasteiger partial charge on any atom is -0.368 e. The fourth-order valence-electron chi connectivity index (χ4n) is 2.65. The van der Waals surface area contributed by atoms with Crippen LogP contribution in [0.3, 0.4) is 0 Å². The molecule has 0 radical (unpaired) electrons. The molecule has 2 N–H and O–H groups in total. The molecule has 4 aromatic rings. The summed E-state index contributed by atoms with van der Waals surface area (Å²) in [4.78, 5) is 8.34.